The van der Waals surface area contributed by atoms with Gasteiger partial charge in [0, 0.05) is 11.3 Å². The zero-order valence-corrected chi connectivity index (χ0v) is 11.5. The smallest absolute Gasteiger partial charge is 0.308 e. The lowest BCUT2D eigenvalue weighted by Gasteiger charge is -2.07. The Kier molecular flexibility index (Phi) is 4.62. The third-order valence-electron chi connectivity index (χ3n) is 2.88. The van der Waals surface area contributed by atoms with E-state index in [1.165, 1.54) is 4.88 Å². The second-order valence-electron chi connectivity index (χ2n) is 4.45. The number of aromatic nitrogens is 4. The molecular weight excluding hydrogens is 264 g/mol. The molecule has 19 heavy (non-hydrogen) atoms. The average Bonchev–Trinajstić information content (AvgIpc) is 3.01. The molecule has 6 nitrogen and oxygen atoms in total. The van der Waals surface area contributed by atoms with Gasteiger partial charge in [-0.05, 0) is 34.7 Å². The molecular formula is C12H16N4O2S. The summed E-state index contributed by atoms with van der Waals surface area (Å²) in [5, 5.41) is 22.4. The minimum absolute atomic E-state index is 0.316. The third-order valence-corrected chi connectivity index (χ3v) is 3.81. The molecule has 1 unspecified atom stereocenters. The minimum Gasteiger partial charge on any atom is -0.481 e. The summed E-state index contributed by atoms with van der Waals surface area (Å²) < 4.78 is 1.59. The molecule has 102 valence electrons. The van der Waals surface area contributed by atoms with E-state index in [9.17, 15) is 4.79 Å². The van der Waals surface area contributed by atoms with E-state index in [2.05, 4.69) is 27.0 Å². The number of hydrogen-bond acceptors (Lipinski definition) is 5. The van der Waals surface area contributed by atoms with Gasteiger partial charge < -0.3 is 5.11 Å². The fourth-order valence-corrected chi connectivity index (χ4v) is 2.51. The van der Waals surface area contributed by atoms with Crippen molar-refractivity contribution in [2.24, 2.45) is 5.92 Å². The van der Waals surface area contributed by atoms with Crippen LogP contribution in [0.25, 0.3) is 0 Å². The first-order valence-electron chi connectivity index (χ1n) is 6.17. The number of carboxylic acid groups (broad SMARTS) is 1. The topological polar surface area (TPSA) is 80.9 Å². The molecule has 0 saturated heterocycles. The highest BCUT2D eigenvalue weighted by atomic mass is 32.1. The number of thiophene rings is 1. The molecule has 0 saturated carbocycles. The maximum absolute atomic E-state index is 10.8. The SMILES string of the molecule is CC(Cn1nnnc1CCCc1cccs1)C(=O)O. The molecule has 0 spiro atoms. The van der Waals surface area contributed by atoms with Gasteiger partial charge in [-0.2, -0.15) is 0 Å². The van der Waals surface area contributed by atoms with E-state index in [4.69, 9.17) is 5.11 Å². The van der Waals surface area contributed by atoms with E-state index in [0.29, 0.717) is 6.54 Å². The van der Waals surface area contributed by atoms with Crippen molar-refractivity contribution in [1.29, 1.82) is 0 Å². The maximum Gasteiger partial charge on any atom is 0.308 e. The van der Waals surface area contributed by atoms with Gasteiger partial charge in [-0.15, -0.1) is 16.4 Å². The molecule has 2 aromatic rings. The molecule has 0 bridgehead atoms. The molecule has 0 aliphatic carbocycles. The number of tetrazole rings is 1. The first-order chi connectivity index (χ1) is 9.16. The molecule has 0 aliphatic rings. The van der Waals surface area contributed by atoms with Gasteiger partial charge in [-0.1, -0.05) is 13.0 Å². The quantitative estimate of drug-likeness (QED) is 0.833. The van der Waals surface area contributed by atoms with E-state index >= 15 is 0 Å². The summed E-state index contributed by atoms with van der Waals surface area (Å²) in [5.41, 5.74) is 0. The second kappa shape index (κ2) is 6.42. The molecule has 2 rings (SSSR count). The van der Waals surface area contributed by atoms with E-state index in [-0.39, 0.29) is 0 Å². The molecule has 0 fully saturated rings. The van der Waals surface area contributed by atoms with Crippen LogP contribution in [0.15, 0.2) is 17.5 Å². The molecule has 2 aromatic heterocycles. The fraction of sp³-hybridized carbons (Fsp3) is 0.500. The first kappa shape index (κ1) is 13.7. The van der Waals surface area contributed by atoms with Gasteiger partial charge in [0.25, 0.3) is 0 Å². The van der Waals surface area contributed by atoms with Gasteiger partial charge in [0.2, 0.25) is 0 Å². The Balaban J connectivity index is 1.87. The van der Waals surface area contributed by atoms with Crippen LogP contribution in [-0.2, 0) is 24.2 Å². The van der Waals surface area contributed by atoms with Crippen LogP contribution in [0.3, 0.4) is 0 Å². The minimum atomic E-state index is -0.833. The largest absolute Gasteiger partial charge is 0.481 e. The normalized spacial score (nSPS) is 12.5. The number of aryl methyl sites for hydroxylation is 2. The maximum atomic E-state index is 10.8. The molecule has 0 amide bonds. The van der Waals surface area contributed by atoms with Crippen molar-refractivity contribution in [2.75, 3.05) is 0 Å². The van der Waals surface area contributed by atoms with E-state index < -0.39 is 11.9 Å². The Hall–Kier alpha value is -1.76. The van der Waals surface area contributed by atoms with Crippen LogP contribution in [0.5, 0.6) is 0 Å². The Bertz CT molecular complexity index is 524. The van der Waals surface area contributed by atoms with Crippen molar-refractivity contribution in [3.63, 3.8) is 0 Å². The number of carboxylic acids is 1. The molecule has 0 radical (unpaired) electrons. The second-order valence-corrected chi connectivity index (χ2v) is 5.48. The zero-order chi connectivity index (χ0) is 13.7. The molecule has 7 heteroatoms. The highest BCUT2D eigenvalue weighted by molar-refractivity contribution is 7.09. The Morgan fingerprint density at radius 2 is 2.37 bits per heavy atom. The number of hydrogen-bond donors (Lipinski definition) is 1. The van der Waals surface area contributed by atoms with Crippen LogP contribution in [0.1, 0.15) is 24.0 Å². The molecule has 0 aliphatic heterocycles. The Morgan fingerprint density at radius 1 is 1.53 bits per heavy atom. The summed E-state index contributed by atoms with van der Waals surface area (Å²) in [6, 6.07) is 4.15. The van der Waals surface area contributed by atoms with E-state index in [0.717, 1.165) is 25.1 Å². The van der Waals surface area contributed by atoms with Gasteiger partial charge in [0.1, 0.15) is 0 Å². The van der Waals surface area contributed by atoms with E-state index in [1.54, 1.807) is 22.9 Å². The summed E-state index contributed by atoms with van der Waals surface area (Å²) in [5.74, 6) is -0.566. The predicted molar refractivity (Wildman–Crippen MR) is 71.0 cm³/mol. The molecule has 1 N–H and O–H groups in total. The summed E-state index contributed by atoms with van der Waals surface area (Å²) in [7, 11) is 0. The van der Waals surface area contributed by atoms with Gasteiger partial charge in [0.15, 0.2) is 5.82 Å². The summed E-state index contributed by atoms with van der Waals surface area (Å²) >= 11 is 1.74. The van der Waals surface area contributed by atoms with Gasteiger partial charge in [-0.3, -0.25) is 4.79 Å². The predicted octanol–water partition coefficient (Wildman–Crippen LogP) is 1.63. The van der Waals surface area contributed by atoms with Crippen molar-refractivity contribution in [3.8, 4) is 0 Å². The lowest BCUT2D eigenvalue weighted by molar-refractivity contribution is -0.141. The number of rotatable bonds is 7. The summed E-state index contributed by atoms with van der Waals surface area (Å²) in [4.78, 5) is 12.2. The Morgan fingerprint density at radius 3 is 3.05 bits per heavy atom. The molecule has 0 aromatic carbocycles. The van der Waals surface area contributed by atoms with Crippen molar-refractivity contribution in [1.82, 2.24) is 20.2 Å². The van der Waals surface area contributed by atoms with Gasteiger partial charge >= 0.3 is 5.97 Å². The first-order valence-corrected chi connectivity index (χ1v) is 7.05. The highest BCUT2D eigenvalue weighted by Crippen LogP contribution is 2.12. The number of nitrogens with zero attached hydrogens (tertiary/aromatic N) is 4. The van der Waals surface area contributed by atoms with Crippen molar-refractivity contribution < 1.29 is 9.90 Å². The van der Waals surface area contributed by atoms with Crippen LogP contribution in [-0.4, -0.2) is 31.3 Å². The highest BCUT2D eigenvalue weighted by Gasteiger charge is 2.15. The summed E-state index contributed by atoms with van der Waals surface area (Å²) in [6.45, 7) is 1.97. The lowest BCUT2D eigenvalue weighted by atomic mass is 10.2. The van der Waals surface area contributed by atoms with Crippen molar-refractivity contribution in [2.45, 2.75) is 32.7 Å². The Labute approximate surface area is 115 Å². The zero-order valence-electron chi connectivity index (χ0n) is 10.7. The van der Waals surface area contributed by atoms with Crippen LogP contribution in [0.2, 0.25) is 0 Å². The van der Waals surface area contributed by atoms with Crippen molar-refractivity contribution in [3.05, 3.63) is 28.2 Å². The number of aliphatic carboxylic acids is 1. The van der Waals surface area contributed by atoms with Crippen LogP contribution < -0.4 is 0 Å². The molecule has 2 heterocycles. The van der Waals surface area contributed by atoms with Gasteiger partial charge in [-0.25, -0.2) is 4.68 Å². The van der Waals surface area contributed by atoms with Crippen LogP contribution >= 0.6 is 11.3 Å². The number of carbonyl (C=O) groups is 1. The molecule has 1 atom stereocenters. The van der Waals surface area contributed by atoms with Gasteiger partial charge in [0.05, 0.1) is 12.5 Å². The lowest BCUT2D eigenvalue weighted by Crippen LogP contribution is -2.19. The van der Waals surface area contributed by atoms with E-state index in [1.807, 2.05) is 6.07 Å². The van der Waals surface area contributed by atoms with Crippen molar-refractivity contribution >= 4 is 17.3 Å². The van der Waals surface area contributed by atoms with Crippen LogP contribution in [0, 0.1) is 5.92 Å². The fourth-order valence-electron chi connectivity index (χ4n) is 1.76. The summed E-state index contributed by atoms with van der Waals surface area (Å²) in [6.07, 6.45) is 2.72. The standard InChI is InChI=1S/C12H16N4O2S/c1-9(12(17)18)8-16-11(13-14-15-16)6-2-4-10-5-3-7-19-10/h3,5,7,9H,2,4,6,8H2,1H3,(H,17,18). The monoisotopic (exact) mass is 280 g/mol. The van der Waals surface area contributed by atoms with Crippen LogP contribution in [0.4, 0.5) is 0 Å². The average molecular weight is 280 g/mol. The third kappa shape index (κ3) is 3.85.